The highest BCUT2D eigenvalue weighted by atomic mass is 16.3. The predicted molar refractivity (Wildman–Crippen MR) is 161 cm³/mol. The molecule has 4 heteroatoms. The Hall–Kier alpha value is -4.96. The lowest BCUT2D eigenvalue weighted by molar-refractivity contribution is 0.666. The van der Waals surface area contributed by atoms with Crippen molar-refractivity contribution in [1.29, 1.82) is 0 Å². The first kappa shape index (κ1) is 22.1. The molecule has 0 bridgehead atoms. The lowest BCUT2D eigenvalue weighted by atomic mass is 10.0. The third kappa shape index (κ3) is 3.18. The normalized spacial score (nSPS) is 12.0. The molecular weight excluding hydrogens is 478 g/mol. The standard InChI is InChI=1S/C35H25N3O/c1-20-8-6-10-23(18-20)33-24-11-4-5-13-27(24)36-35(37-33)38-28-15-14-21(2)19-26(28)31-29(38)16-17-30-32(31)25-12-7-9-22(3)34(25)39-30/h4-19H,1-3H3. The maximum atomic E-state index is 6.39. The lowest BCUT2D eigenvalue weighted by Crippen LogP contribution is -2.03. The zero-order valence-electron chi connectivity index (χ0n) is 22.0. The van der Waals surface area contributed by atoms with Crippen LogP contribution in [0.3, 0.4) is 0 Å². The van der Waals surface area contributed by atoms with Crippen LogP contribution in [0.15, 0.2) is 101 Å². The fourth-order valence-corrected chi connectivity index (χ4v) is 6.05. The molecule has 0 fully saturated rings. The average Bonchev–Trinajstić information content (AvgIpc) is 3.48. The van der Waals surface area contributed by atoms with E-state index in [1.165, 1.54) is 21.9 Å². The maximum absolute atomic E-state index is 6.39. The molecule has 3 heterocycles. The van der Waals surface area contributed by atoms with Crippen molar-refractivity contribution in [2.75, 3.05) is 0 Å². The van der Waals surface area contributed by atoms with E-state index >= 15 is 0 Å². The van der Waals surface area contributed by atoms with Gasteiger partial charge >= 0.3 is 0 Å². The summed E-state index contributed by atoms with van der Waals surface area (Å²) in [7, 11) is 0. The molecule has 0 saturated carbocycles. The van der Waals surface area contributed by atoms with Crippen molar-refractivity contribution in [3.63, 3.8) is 0 Å². The number of nitrogens with zero attached hydrogens (tertiary/aromatic N) is 3. The Morgan fingerprint density at radius 1 is 0.615 bits per heavy atom. The second-order valence-corrected chi connectivity index (χ2v) is 10.5. The van der Waals surface area contributed by atoms with Gasteiger partial charge in [0.25, 0.3) is 0 Å². The topological polar surface area (TPSA) is 43.9 Å². The minimum atomic E-state index is 0.664. The van der Waals surface area contributed by atoms with E-state index < -0.39 is 0 Å². The summed E-state index contributed by atoms with van der Waals surface area (Å²) in [4.78, 5) is 10.4. The Kier molecular flexibility index (Phi) is 4.54. The number of rotatable bonds is 2. The van der Waals surface area contributed by atoms with Gasteiger partial charge < -0.3 is 4.42 Å². The molecule has 186 valence electrons. The Bertz CT molecular complexity index is 2270. The van der Waals surface area contributed by atoms with Gasteiger partial charge in [-0.3, -0.25) is 4.57 Å². The van der Waals surface area contributed by atoms with Gasteiger partial charge in [-0.25, -0.2) is 9.97 Å². The molecule has 0 unspecified atom stereocenters. The second-order valence-electron chi connectivity index (χ2n) is 10.5. The largest absolute Gasteiger partial charge is 0.456 e. The first-order valence-corrected chi connectivity index (χ1v) is 13.3. The molecular formula is C35H25N3O. The summed E-state index contributed by atoms with van der Waals surface area (Å²) in [5, 5.41) is 5.66. The van der Waals surface area contributed by atoms with Crippen LogP contribution in [-0.2, 0) is 0 Å². The molecule has 0 N–H and O–H groups in total. The van der Waals surface area contributed by atoms with Crippen LogP contribution >= 0.6 is 0 Å². The van der Waals surface area contributed by atoms with E-state index in [9.17, 15) is 0 Å². The highest BCUT2D eigenvalue weighted by molar-refractivity contribution is 6.27. The Balaban J connectivity index is 1.55. The molecule has 0 aliphatic rings. The van der Waals surface area contributed by atoms with Crippen LogP contribution in [0.1, 0.15) is 16.7 Å². The molecule has 0 atom stereocenters. The monoisotopic (exact) mass is 503 g/mol. The molecule has 8 rings (SSSR count). The van der Waals surface area contributed by atoms with Gasteiger partial charge in [-0.15, -0.1) is 0 Å². The molecule has 0 aliphatic carbocycles. The lowest BCUT2D eigenvalue weighted by Gasteiger charge is -2.12. The van der Waals surface area contributed by atoms with Crippen LogP contribution in [-0.4, -0.2) is 14.5 Å². The Morgan fingerprint density at radius 2 is 1.41 bits per heavy atom. The summed E-state index contributed by atoms with van der Waals surface area (Å²) in [5.74, 6) is 0.664. The molecule has 39 heavy (non-hydrogen) atoms. The second kappa shape index (κ2) is 8.02. The van der Waals surface area contributed by atoms with Gasteiger partial charge in [-0.2, -0.15) is 0 Å². The highest BCUT2D eigenvalue weighted by Gasteiger charge is 2.21. The minimum Gasteiger partial charge on any atom is -0.456 e. The smallest absolute Gasteiger partial charge is 0.235 e. The van der Waals surface area contributed by atoms with Gasteiger partial charge in [0.2, 0.25) is 5.95 Å². The quantitative estimate of drug-likeness (QED) is 0.236. The van der Waals surface area contributed by atoms with Crippen molar-refractivity contribution in [3.05, 3.63) is 114 Å². The van der Waals surface area contributed by atoms with Crippen LogP contribution in [0.25, 0.3) is 71.9 Å². The number of benzene rings is 5. The van der Waals surface area contributed by atoms with Crippen molar-refractivity contribution in [1.82, 2.24) is 14.5 Å². The van der Waals surface area contributed by atoms with Crippen LogP contribution < -0.4 is 0 Å². The minimum absolute atomic E-state index is 0.664. The number of aryl methyl sites for hydroxylation is 3. The number of para-hydroxylation sites is 2. The van der Waals surface area contributed by atoms with Crippen LogP contribution in [0.4, 0.5) is 0 Å². The van der Waals surface area contributed by atoms with Gasteiger partial charge in [0, 0.05) is 32.5 Å². The number of hydrogen-bond acceptors (Lipinski definition) is 3. The summed E-state index contributed by atoms with van der Waals surface area (Å²) >= 11 is 0. The summed E-state index contributed by atoms with van der Waals surface area (Å²) < 4.78 is 8.60. The van der Waals surface area contributed by atoms with Crippen LogP contribution in [0.2, 0.25) is 0 Å². The summed E-state index contributed by atoms with van der Waals surface area (Å²) in [6, 6.07) is 34.0. The zero-order chi connectivity index (χ0) is 26.2. The van der Waals surface area contributed by atoms with E-state index in [-0.39, 0.29) is 0 Å². The van der Waals surface area contributed by atoms with E-state index in [0.29, 0.717) is 5.95 Å². The average molecular weight is 504 g/mol. The summed E-state index contributed by atoms with van der Waals surface area (Å²) in [6.45, 7) is 6.36. The van der Waals surface area contributed by atoms with Crippen molar-refractivity contribution in [2.45, 2.75) is 20.8 Å². The van der Waals surface area contributed by atoms with Crippen molar-refractivity contribution in [2.24, 2.45) is 0 Å². The number of hydrogen-bond donors (Lipinski definition) is 0. The fourth-order valence-electron chi connectivity index (χ4n) is 6.05. The summed E-state index contributed by atoms with van der Waals surface area (Å²) in [5.41, 5.74) is 10.5. The molecule has 0 saturated heterocycles. The number of aromatic nitrogens is 3. The molecule has 4 nitrogen and oxygen atoms in total. The number of fused-ring (bicyclic) bond motifs is 8. The molecule has 0 aliphatic heterocycles. The summed E-state index contributed by atoms with van der Waals surface area (Å²) in [6.07, 6.45) is 0. The van der Waals surface area contributed by atoms with Crippen molar-refractivity contribution in [3.8, 4) is 17.2 Å². The first-order valence-electron chi connectivity index (χ1n) is 13.3. The number of furan rings is 1. The zero-order valence-corrected chi connectivity index (χ0v) is 22.0. The van der Waals surface area contributed by atoms with Crippen molar-refractivity contribution >= 4 is 54.6 Å². The molecule has 0 radical (unpaired) electrons. The van der Waals surface area contributed by atoms with Crippen LogP contribution in [0.5, 0.6) is 0 Å². The molecule has 8 aromatic rings. The van der Waals surface area contributed by atoms with E-state index in [0.717, 1.165) is 60.7 Å². The van der Waals surface area contributed by atoms with E-state index in [1.54, 1.807) is 0 Å². The molecule has 0 spiro atoms. The molecule has 0 amide bonds. The Morgan fingerprint density at radius 3 is 2.31 bits per heavy atom. The predicted octanol–water partition coefficient (Wildman–Crippen LogP) is 9.22. The van der Waals surface area contributed by atoms with Gasteiger partial charge in [-0.1, -0.05) is 71.8 Å². The Labute approximate surface area is 225 Å². The van der Waals surface area contributed by atoms with Gasteiger partial charge in [0.15, 0.2) is 0 Å². The van der Waals surface area contributed by atoms with Crippen molar-refractivity contribution < 1.29 is 4.42 Å². The van der Waals surface area contributed by atoms with Gasteiger partial charge in [0.1, 0.15) is 11.2 Å². The van der Waals surface area contributed by atoms with E-state index in [4.69, 9.17) is 14.4 Å². The van der Waals surface area contributed by atoms with E-state index in [2.05, 4.69) is 116 Å². The maximum Gasteiger partial charge on any atom is 0.235 e. The van der Waals surface area contributed by atoms with Gasteiger partial charge in [-0.05, 0) is 62.7 Å². The van der Waals surface area contributed by atoms with E-state index in [1.807, 2.05) is 6.07 Å². The van der Waals surface area contributed by atoms with Crippen LogP contribution in [0, 0.1) is 20.8 Å². The first-order chi connectivity index (χ1) is 19.1. The molecule has 3 aromatic heterocycles. The third-order valence-corrected chi connectivity index (χ3v) is 7.82. The van der Waals surface area contributed by atoms with Gasteiger partial charge in [0.05, 0.1) is 22.2 Å². The fraction of sp³-hybridized carbons (Fsp3) is 0.0857. The molecule has 5 aromatic carbocycles. The SMILES string of the molecule is Cc1cccc(-c2nc(-n3c4ccc(C)cc4c4c5c(ccc43)oc3c(C)cccc35)nc3ccccc23)c1. The third-order valence-electron chi connectivity index (χ3n) is 7.82. The highest BCUT2D eigenvalue weighted by Crippen LogP contribution is 2.42.